The van der Waals surface area contributed by atoms with Crippen molar-refractivity contribution >= 4 is 52.4 Å². The predicted molar refractivity (Wildman–Crippen MR) is 121 cm³/mol. The number of aliphatic imine (C=N–C) groups is 1. The second kappa shape index (κ2) is 9.45. The molecule has 146 valence electrons. The Balaban J connectivity index is 0.00000261. The van der Waals surface area contributed by atoms with Crippen molar-refractivity contribution in [2.24, 2.45) is 12.0 Å². The Morgan fingerprint density at radius 3 is 2.81 bits per heavy atom. The first-order valence-electron chi connectivity index (χ1n) is 8.46. The van der Waals surface area contributed by atoms with Gasteiger partial charge in [0.1, 0.15) is 5.82 Å². The molecule has 0 bridgehead atoms. The van der Waals surface area contributed by atoms with Gasteiger partial charge in [-0.3, -0.25) is 4.99 Å². The minimum atomic E-state index is -0.230. The lowest BCUT2D eigenvalue weighted by Gasteiger charge is -2.22. The topological polar surface area (TPSA) is 48.4 Å². The van der Waals surface area contributed by atoms with Gasteiger partial charge in [0.2, 0.25) is 0 Å². The number of aromatic nitrogens is 2. The van der Waals surface area contributed by atoms with E-state index in [0.29, 0.717) is 6.54 Å². The van der Waals surface area contributed by atoms with Gasteiger partial charge in [0.15, 0.2) is 5.96 Å². The lowest BCUT2D eigenvalue weighted by atomic mass is 10.1. The van der Waals surface area contributed by atoms with E-state index in [2.05, 4.69) is 20.2 Å². The molecule has 5 nitrogen and oxygen atoms in total. The molecule has 3 rings (SSSR count). The molecule has 1 aromatic carbocycles. The van der Waals surface area contributed by atoms with Gasteiger partial charge in [0.25, 0.3) is 0 Å². The highest BCUT2D eigenvalue weighted by atomic mass is 127. The maximum absolute atomic E-state index is 13.3. The van der Waals surface area contributed by atoms with Crippen LogP contribution in [0.2, 0.25) is 5.02 Å². The van der Waals surface area contributed by atoms with E-state index < -0.39 is 0 Å². The summed E-state index contributed by atoms with van der Waals surface area (Å²) in [6, 6.07) is 6.78. The van der Waals surface area contributed by atoms with Crippen LogP contribution in [0.4, 0.5) is 4.39 Å². The molecule has 3 aromatic rings. The summed E-state index contributed by atoms with van der Waals surface area (Å²) in [5.74, 6) is 0.583. The Labute approximate surface area is 180 Å². The summed E-state index contributed by atoms with van der Waals surface area (Å²) in [4.78, 5) is 9.52. The van der Waals surface area contributed by atoms with Crippen LogP contribution in [0.5, 0.6) is 0 Å². The minimum Gasteiger partial charge on any atom is -0.361 e. The highest BCUT2D eigenvalue weighted by molar-refractivity contribution is 14.0. The first-order chi connectivity index (χ1) is 12.5. The molecule has 0 aliphatic rings. The molecule has 0 atom stereocenters. The molecule has 0 aliphatic carbocycles. The highest BCUT2D eigenvalue weighted by Gasteiger charge is 2.10. The van der Waals surface area contributed by atoms with E-state index >= 15 is 0 Å². The molecule has 0 fully saturated rings. The number of fused-ring (bicyclic) bond motifs is 1. The fourth-order valence-electron chi connectivity index (χ4n) is 3.10. The van der Waals surface area contributed by atoms with Crippen LogP contribution in [-0.2, 0) is 20.0 Å². The van der Waals surface area contributed by atoms with Crippen molar-refractivity contribution in [1.29, 1.82) is 0 Å². The quantitative estimate of drug-likeness (QED) is 0.312. The SMILES string of the molecule is CN=C(NCCc1c[nH]c2cc(F)ccc12)N(C)Cc1cc(Cl)cn1C.I. The molecule has 0 saturated heterocycles. The second-order valence-corrected chi connectivity index (χ2v) is 6.78. The molecule has 0 aliphatic heterocycles. The summed E-state index contributed by atoms with van der Waals surface area (Å²) in [7, 11) is 5.74. The maximum Gasteiger partial charge on any atom is 0.193 e. The molecule has 0 radical (unpaired) electrons. The van der Waals surface area contributed by atoms with Crippen molar-refractivity contribution < 1.29 is 4.39 Å². The van der Waals surface area contributed by atoms with Crippen molar-refractivity contribution in [2.75, 3.05) is 20.6 Å². The van der Waals surface area contributed by atoms with Crippen LogP contribution >= 0.6 is 35.6 Å². The standard InChI is InChI=1S/C19H23ClFN5.HI/c1-22-19(26(3)12-16-8-14(20)11-25(16)2)23-7-6-13-10-24-18-9-15(21)4-5-17(13)18;/h4-5,8-11,24H,6-7,12H2,1-3H3,(H,22,23);1H. The van der Waals surface area contributed by atoms with Gasteiger partial charge in [-0.15, -0.1) is 24.0 Å². The Morgan fingerprint density at radius 2 is 2.15 bits per heavy atom. The third-order valence-corrected chi connectivity index (χ3v) is 4.66. The zero-order chi connectivity index (χ0) is 18.7. The molecular weight excluding hydrogens is 480 g/mol. The van der Waals surface area contributed by atoms with Crippen molar-refractivity contribution in [2.45, 2.75) is 13.0 Å². The molecule has 27 heavy (non-hydrogen) atoms. The van der Waals surface area contributed by atoms with E-state index in [1.807, 2.05) is 43.2 Å². The van der Waals surface area contributed by atoms with Crippen LogP contribution in [0.15, 0.2) is 41.7 Å². The summed E-state index contributed by atoms with van der Waals surface area (Å²) >= 11 is 6.05. The van der Waals surface area contributed by atoms with Crippen LogP contribution in [-0.4, -0.2) is 41.1 Å². The Morgan fingerprint density at radius 1 is 1.37 bits per heavy atom. The summed E-state index contributed by atoms with van der Waals surface area (Å²) < 4.78 is 15.3. The molecule has 0 unspecified atom stereocenters. The molecular formula is C19H24ClFIN5. The first-order valence-corrected chi connectivity index (χ1v) is 8.83. The zero-order valence-electron chi connectivity index (χ0n) is 15.6. The largest absolute Gasteiger partial charge is 0.361 e. The van der Waals surface area contributed by atoms with E-state index in [4.69, 9.17) is 11.6 Å². The number of halogens is 3. The number of nitrogens with one attached hydrogen (secondary N) is 2. The van der Waals surface area contributed by atoms with Gasteiger partial charge in [-0.25, -0.2) is 4.39 Å². The van der Waals surface area contributed by atoms with Crippen LogP contribution in [0.1, 0.15) is 11.3 Å². The van der Waals surface area contributed by atoms with Gasteiger partial charge < -0.3 is 19.8 Å². The molecule has 2 aromatic heterocycles. The molecule has 0 saturated carbocycles. The van der Waals surface area contributed by atoms with Crippen molar-refractivity contribution in [3.63, 3.8) is 0 Å². The number of H-pyrrole nitrogens is 1. The molecule has 2 N–H and O–H groups in total. The van der Waals surface area contributed by atoms with Gasteiger partial charge in [-0.05, 0) is 36.2 Å². The van der Waals surface area contributed by atoms with Crippen molar-refractivity contribution in [1.82, 2.24) is 19.8 Å². The summed E-state index contributed by atoms with van der Waals surface area (Å²) in [6.07, 6.45) is 4.64. The number of hydrogen-bond donors (Lipinski definition) is 2. The third kappa shape index (κ3) is 5.16. The smallest absolute Gasteiger partial charge is 0.193 e. The lowest BCUT2D eigenvalue weighted by molar-refractivity contribution is 0.462. The van der Waals surface area contributed by atoms with Crippen molar-refractivity contribution in [3.8, 4) is 0 Å². The van der Waals surface area contributed by atoms with Crippen LogP contribution < -0.4 is 5.32 Å². The van der Waals surface area contributed by atoms with E-state index in [1.165, 1.54) is 12.1 Å². The summed E-state index contributed by atoms with van der Waals surface area (Å²) in [6.45, 7) is 1.44. The number of nitrogens with zero attached hydrogens (tertiary/aromatic N) is 3. The van der Waals surface area contributed by atoms with Crippen LogP contribution in [0, 0.1) is 5.82 Å². The van der Waals surface area contributed by atoms with Gasteiger partial charge in [-0.2, -0.15) is 0 Å². The molecule has 0 amide bonds. The normalized spacial score (nSPS) is 11.5. The average Bonchev–Trinajstić information content (AvgIpc) is 3.13. The Bertz CT molecular complexity index is 933. The molecule has 0 spiro atoms. The summed E-state index contributed by atoms with van der Waals surface area (Å²) in [5.41, 5.74) is 3.08. The second-order valence-electron chi connectivity index (χ2n) is 6.34. The van der Waals surface area contributed by atoms with Gasteiger partial charge in [0, 0.05) is 56.7 Å². The summed E-state index contributed by atoms with van der Waals surface area (Å²) in [5, 5.41) is 5.16. The average molecular weight is 504 g/mol. The highest BCUT2D eigenvalue weighted by Crippen LogP contribution is 2.19. The number of hydrogen-bond acceptors (Lipinski definition) is 1. The fourth-order valence-corrected chi connectivity index (χ4v) is 3.37. The van der Waals surface area contributed by atoms with Crippen molar-refractivity contribution in [3.05, 3.63) is 58.8 Å². The number of rotatable bonds is 5. The maximum atomic E-state index is 13.3. The van der Waals surface area contributed by atoms with Crippen LogP contribution in [0.3, 0.4) is 0 Å². The van der Waals surface area contributed by atoms with Gasteiger partial charge in [0.05, 0.1) is 11.6 Å². The molecule has 8 heteroatoms. The Hall–Kier alpha value is -1.74. The molecule has 2 heterocycles. The number of aromatic amines is 1. The van der Waals surface area contributed by atoms with E-state index in [9.17, 15) is 4.39 Å². The fraction of sp³-hybridized carbons (Fsp3) is 0.316. The first kappa shape index (κ1) is 21.6. The minimum absolute atomic E-state index is 0. The number of aryl methyl sites for hydroxylation is 1. The van der Waals surface area contributed by atoms with E-state index in [-0.39, 0.29) is 29.8 Å². The number of benzene rings is 1. The lowest BCUT2D eigenvalue weighted by Crippen LogP contribution is -2.39. The Kier molecular flexibility index (Phi) is 7.55. The predicted octanol–water partition coefficient (Wildman–Crippen LogP) is 4.17. The van der Waals surface area contributed by atoms with E-state index in [0.717, 1.165) is 46.1 Å². The third-order valence-electron chi connectivity index (χ3n) is 4.45. The number of guanidine groups is 1. The van der Waals surface area contributed by atoms with Crippen LogP contribution in [0.25, 0.3) is 10.9 Å². The monoisotopic (exact) mass is 503 g/mol. The zero-order valence-corrected chi connectivity index (χ0v) is 18.7. The van der Waals surface area contributed by atoms with Gasteiger partial charge in [-0.1, -0.05) is 11.6 Å². The van der Waals surface area contributed by atoms with Gasteiger partial charge >= 0.3 is 0 Å². The van der Waals surface area contributed by atoms with E-state index in [1.54, 1.807) is 7.05 Å².